The van der Waals surface area contributed by atoms with Gasteiger partial charge in [-0.3, -0.25) is 14.6 Å². The highest BCUT2D eigenvalue weighted by molar-refractivity contribution is 6.29. The molecule has 1 N–H and O–H groups in total. The number of amides is 2. The molecule has 0 aliphatic carbocycles. The highest BCUT2D eigenvalue weighted by Crippen LogP contribution is 2.13. The van der Waals surface area contributed by atoms with Gasteiger partial charge in [0.1, 0.15) is 16.9 Å². The second-order valence-electron chi connectivity index (χ2n) is 3.94. The van der Waals surface area contributed by atoms with Crippen LogP contribution in [0.2, 0.25) is 5.15 Å². The molecule has 2 rings (SSSR count). The summed E-state index contributed by atoms with van der Waals surface area (Å²) in [7, 11) is 0. The maximum absolute atomic E-state index is 12.3. The molecule has 96 valence electrons. The monoisotopic (exact) mass is 268 g/mol. The molecule has 0 saturated carbocycles. The van der Waals surface area contributed by atoms with Crippen LogP contribution in [0.1, 0.15) is 23.8 Å². The average molecular weight is 269 g/mol. The summed E-state index contributed by atoms with van der Waals surface area (Å²) in [6, 6.07) is -0.452. The van der Waals surface area contributed by atoms with E-state index in [0.29, 0.717) is 19.5 Å². The molecule has 0 bridgehead atoms. The lowest BCUT2D eigenvalue weighted by Crippen LogP contribution is -2.57. The minimum Gasteiger partial charge on any atom is -0.353 e. The van der Waals surface area contributed by atoms with E-state index in [1.54, 1.807) is 0 Å². The van der Waals surface area contributed by atoms with Gasteiger partial charge in [-0.2, -0.15) is 0 Å². The van der Waals surface area contributed by atoms with E-state index < -0.39 is 6.04 Å². The SMILES string of the molecule is CCC1C(=O)NCCN1C(=O)c1cncc(Cl)n1. The number of piperazine rings is 1. The van der Waals surface area contributed by atoms with Crippen molar-refractivity contribution in [3.63, 3.8) is 0 Å². The van der Waals surface area contributed by atoms with Crippen molar-refractivity contribution >= 4 is 23.4 Å². The summed E-state index contributed by atoms with van der Waals surface area (Å²) >= 11 is 5.70. The first-order valence-electron chi connectivity index (χ1n) is 5.69. The molecular weight excluding hydrogens is 256 g/mol. The number of hydrogen-bond donors (Lipinski definition) is 1. The van der Waals surface area contributed by atoms with Crippen molar-refractivity contribution < 1.29 is 9.59 Å². The van der Waals surface area contributed by atoms with E-state index in [-0.39, 0.29) is 22.7 Å². The molecular formula is C11H13ClN4O2. The van der Waals surface area contributed by atoms with Crippen LogP contribution in [0.3, 0.4) is 0 Å². The molecule has 1 atom stereocenters. The van der Waals surface area contributed by atoms with Crippen LogP contribution in [0.25, 0.3) is 0 Å². The minimum absolute atomic E-state index is 0.132. The van der Waals surface area contributed by atoms with Crippen molar-refractivity contribution in [1.29, 1.82) is 0 Å². The van der Waals surface area contributed by atoms with Gasteiger partial charge in [0.2, 0.25) is 5.91 Å². The van der Waals surface area contributed by atoms with E-state index in [1.165, 1.54) is 17.3 Å². The van der Waals surface area contributed by atoms with Crippen molar-refractivity contribution in [2.45, 2.75) is 19.4 Å². The molecule has 2 amide bonds. The first-order chi connectivity index (χ1) is 8.63. The maximum Gasteiger partial charge on any atom is 0.274 e. The van der Waals surface area contributed by atoms with Crippen molar-refractivity contribution in [2.24, 2.45) is 0 Å². The number of carbonyl (C=O) groups is 2. The van der Waals surface area contributed by atoms with Gasteiger partial charge in [0.15, 0.2) is 0 Å². The second kappa shape index (κ2) is 5.30. The van der Waals surface area contributed by atoms with Crippen LogP contribution >= 0.6 is 11.6 Å². The number of halogens is 1. The number of nitrogens with zero attached hydrogens (tertiary/aromatic N) is 3. The Morgan fingerprint density at radius 2 is 2.39 bits per heavy atom. The average Bonchev–Trinajstić information content (AvgIpc) is 2.37. The summed E-state index contributed by atoms with van der Waals surface area (Å²) in [6.45, 7) is 2.78. The van der Waals surface area contributed by atoms with Gasteiger partial charge in [0, 0.05) is 13.1 Å². The molecule has 1 aliphatic heterocycles. The normalized spacial score (nSPS) is 19.6. The van der Waals surface area contributed by atoms with Gasteiger partial charge in [-0.15, -0.1) is 0 Å². The van der Waals surface area contributed by atoms with Crippen molar-refractivity contribution in [3.05, 3.63) is 23.2 Å². The van der Waals surface area contributed by atoms with E-state index in [2.05, 4.69) is 15.3 Å². The Bertz CT molecular complexity index is 480. The van der Waals surface area contributed by atoms with E-state index >= 15 is 0 Å². The highest BCUT2D eigenvalue weighted by atomic mass is 35.5. The molecule has 1 unspecified atom stereocenters. The topological polar surface area (TPSA) is 75.2 Å². The summed E-state index contributed by atoms with van der Waals surface area (Å²) in [4.78, 5) is 33.2. The maximum atomic E-state index is 12.3. The standard InChI is InChI=1S/C11H13ClN4O2/c1-2-8-10(17)14-3-4-16(8)11(18)7-5-13-6-9(12)15-7/h5-6,8H,2-4H2,1H3,(H,14,17). The summed E-state index contributed by atoms with van der Waals surface area (Å²) < 4.78 is 0. The second-order valence-corrected chi connectivity index (χ2v) is 4.33. The van der Waals surface area contributed by atoms with Crippen LogP contribution < -0.4 is 5.32 Å². The lowest BCUT2D eigenvalue weighted by Gasteiger charge is -2.34. The molecule has 18 heavy (non-hydrogen) atoms. The fourth-order valence-electron chi connectivity index (χ4n) is 1.96. The van der Waals surface area contributed by atoms with Crippen LogP contribution in [-0.2, 0) is 4.79 Å². The summed E-state index contributed by atoms with van der Waals surface area (Å²) in [5.74, 6) is -0.446. The van der Waals surface area contributed by atoms with E-state index in [9.17, 15) is 9.59 Å². The van der Waals surface area contributed by atoms with Crippen LogP contribution in [-0.4, -0.2) is 45.8 Å². The van der Waals surface area contributed by atoms with Crippen molar-refractivity contribution in [1.82, 2.24) is 20.2 Å². The van der Waals surface area contributed by atoms with Crippen LogP contribution in [0.15, 0.2) is 12.4 Å². The zero-order valence-electron chi connectivity index (χ0n) is 9.89. The van der Waals surface area contributed by atoms with Gasteiger partial charge in [-0.25, -0.2) is 4.98 Å². The Kier molecular flexibility index (Phi) is 3.76. The van der Waals surface area contributed by atoms with Crippen molar-refractivity contribution in [3.8, 4) is 0 Å². The van der Waals surface area contributed by atoms with Gasteiger partial charge in [-0.05, 0) is 6.42 Å². The molecule has 0 radical (unpaired) electrons. The Balaban J connectivity index is 2.24. The Labute approximate surface area is 109 Å². The van der Waals surface area contributed by atoms with Gasteiger partial charge >= 0.3 is 0 Å². The fraction of sp³-hybridized carbons (Fsp3) is 0.455. The summed E-state index contributed by atoms with van der Waals surface area (Å²) in [5.41, 5.74) is 0.163. The molecule has 7 heteroatoms. The van der Waals surface area contributed by atoms with Gasteiger partial charge in [-0.1, -0.05) is 18.5 Å². The van der Waals surface area contributed by atoms with Gasteiger partial charge in [0.05, 0.1) is 12.4 Å². The van der Waals surface area contributed by atoms with Gasteiger partial charge in [0.25, 0.3) is 5.91 Å². The largest absolute Gasteiger partial charge is 0.353 e. The van der Waals surface area contributed by atoms with Gasteiger partial charge < -0.3 is 10.2 Å². The highest BCUT2D eigenvalue weighted by Gasteiger charge is 2.32. The van der Waals surface area contributed by atoms with E-state index in [0.717, 1.165) is 0 Å². The molecule has 1 aromatic rings. The number of nitrogens with one attached hydrogen (secondary N) is 1. The molecule has 0 spiro atoms. The molecule has 2 heterocycles. The first-order valence-corrected chi connectivity index (χ1v) is 6.07. The summed E-state index contributed by atoms with van der Waals surface area (Å²) in [5, 5.41) is 2.90. The van der Waals surface area contributed by atoms with Crippen LogP contribution in [0, 0.1) is 0 Å². The number of rotatable bonds is 2. The smallest absolute Gasteiger partial charge is 0.274 e. The van der Waals surface area contributed by atoms with Crippen LogP contribution in [0.5, 0.6) is 0 Å². The first kappa shape index (κ1) is 12.8. The molecule has 1 fully saturated rings. The third-order valence-corrected chi connectivity index (χ3v) is 2.98. The van der Waals surface area contributed by atoms with E-state index in [1.807, 2.05) is 6.92 Å². The predicted octanol–water partition coefficient (Wildman–Crippen LogP) is 0.481. The molecule has 1 aliphatic rings. The summed E-state index contributed by atoms with van der Waals surface area (Å²) in [6.07, 6.45) is 3.28. The quantitative estimate of drug-likeness (QED) is 0.847. The van der Waals surface area contributed by atoms with Crippen molar-refractivity contribution in [2.75, 3.05) is 13.1 Å². The zero-order valence-corrected chi connectivity index (χ0v) is 10.6. The molecule has 0 aromatic carbocycles. The molecule has 6 nitrogen and oxygen atoms in total. The number of aromatic nitrogens is 2. The lowest BCUT2D eigenvalue weighted by molar-refractivity contribution is -0.127. The Hall–Kier alpha value is -1.69. The minimum atomic E-state index is -0.452. The Morgan fingerprint density at radius 3 is 3.06 bits per heavy atom. The van der Waals surface area contributed by atoms with Crippen LogP contribution in [0.4, 0.5) is 0 Å². The third kappa shape index (κ3) is 2.43. The number of carbonyl (C=O) groups excluding carboxylic acids is 2. The number of hydrogen-bond acceptors (Lipinski definition) is 4. The van der Waals surface area contributed by atoms with E-state index in [4.69, 9.17) is 11.6 Å². The third-order valence-electron chi connectivity index (χ3n) is 2.80. The fourth-order valence-corrected chi connectivity index (χ4v) is 2.10. The molecule has 1 saturated heterocycles. The zero-order chi connectivity index (χ0) is 13.1. The Morgan fingerprint density at radius 1 is 1.61 bits per heavy atom. The lowest BCUT2D eigenvalue weighted by atomic mass is 10.1. The predicted molar refractivity (Wildman–Crippen MR) is 65.2 cm³/mol. The molecule has 1 aromatic heterocycles.